The number of nitrogens with zero attached hydrogens (tertiary/aromatic N) is 1. The zero-order valence-electron chi connectivity index (χ0n) is 17.8. The third-order valence-corrected chi connectivity index (χ3v) is 5.80. The molecule has 5 heteroatoms. The SMILES string of the molecule is CCCN(CCCc1ccc(F)cc1)C[C@@H]1CC(NC(=O)C(C)C)CC[C@H]1N. The van der Waals surface area contributed by atoms with Gasteiger partial charge in [0, 0.05) is 24.5 Å². The topological polar surface area (TPSA) is 58.4 Å². The number of benzene rings is 1. The summed E-state index contributed by atoms with van der Waals surface area (Å²) in [7, 11) is 0. The average molecular weight is 392 g/mol. The first-order chi connectivity index (χ1) is 13.4. The summed E-state index contributed by atoms with van der Waals surface area (Å²) in [4.78, 5) is 14.6. The van der Waals surface area contributed by atoms with Gasteiger partial charge in [0.2, 0.25) is 5.91 Å². The van der Waals surface area contributed by atoms with Gasteiger partial charge in [0.1, 0.15) is 5.82 Å². The third kappa shape index (κ3) is 7.51. The normalized spacial score (nSPS) is 22.6. The van der Waals surface area contributed by atoms with Crippen molar-refractivity contribution in [3.63, 3.8) is 0 Å². The second-order valence-electron chi connectivity index (χ2n) is 8.63. The van der Waals surface area contributed by atoms with Crippen molar-refractivity contribution in [3.8, 4) is 0 Å². The number of nitrogens with two attached hydrogens (primary N) is 1. The van der Waals surface area contributed by atoms with Crippen molar-refractivity contribution in [1.82, 2.24) is 10.2 Å². The van der Waals surface area contributed by atoms with Crippen LogP contribution in [0.4, 0.5) is 4.39 Å². The highest BCUT2D eigenvalue weighted by Gasteiger charge is 2.30. The molecule has 4 nitrogen and oxygen atoms in total. The van der Waals surface area contributed by atoms with Crippen molar-refractivity contribution in [2.75, 3.05) is 19.6 Å². The van der Waals surface area contributed by atoms with Gasteiger partial charge in [-0.1, -0.05) is 32.9 Å². The van der Waals surface area contributed by atoms with Gasteiger partial charge >= 0.3 is 0 Å². The van der Waals surface area contributed by atoms with Crippen LogP contribution in [0, 0.1) is 17.7 Å². The minimum absolute atomic E-state index is 0.0251. The molecular weight excluding hydrogens is 353 g/mol. The molecule has 0 saturated heterocycles. The Kier molecular flexibility index (Phi) is 9.39. The van der Waals surface area contributed by atoms with Crippen molar-refractivity contribution < 1.29 is 9.18 Å². The summed E-state index contributed by atoms with van der Waals surface area (Å²) in [5.74, 6) is 0.409. The summed E-state index contributed by atoms with van der Waals surface area (Å²) in [6, 6.07) is 7.28. The monoisotopic (exact) mass is 391 g/mol. The molecule has 0 heterocycles. The first-order valence-corrected chi connectivity index (χ1v) is 10.9. The van der Waals surface area contributed by atoms with E-state index in [0.717, 1.165) is 58.2 Å². The molecule has 0 aromatic heterocycles. The standard InChI is InChI=1S/C23H38FN3O/c1-4-13-27(14-5-6-18-7-9-20(24)10-8-18)16-19-15-21(11-12-22(19)25)26-23(28)17(2)3/h7-10,17,19,21-22H,4-6,11-16,25H2,1-3H3,(H,26,28)/t19-,21?,22+/m0/s1. The van der Waals surface area contributed by atoms with Gasteiger partial charge in [-0.05, 0) is 75.2 Å². The van der Waals surface area contributed by atoms with Crippen LogP contribution in [0.25, 0.3) is 0 Å². The number of carbonyl (C=O) groups excluding carboxylic acids is 1. The summed E-state index contributed by atoms with van der Waals surface area (Å²) < 4.78 is 13.0. The van der Waals surface area contributed by atoms with Gasteiger partial charge in [-0.3, -0.25) is 4.79 Å². The molecule has 0 aliphatic heterocycles. The Morgan fingerprint density at radius 1 is 1.25 bits per heavy atom. The molecule has 0 radical (unpaired) electrons. The molecule has 1 aromatic carbocycles. The Morgan fingerprint density at radius 2 is 1.96 bits per heavy atom. The summed E-state index contributed by atoms with van der Waals surface area (Å²) in [5.41, 5.74) is 7.62. The molecule has 1 unspecified atom stereocenters. The largest absolute Gasteiger partial charge is 0.353 e. The minimum atomic E-state index is -0.179. The smallest absolute Gasteiger partial charge is 0.222 e. The molecule has 158 valence electrons. The fourth-order valence-electron chi connectivity index (χ4n) is 4.10. The van der Waals surface area contributed by atoms with Crippen molar-refractivity contribution in [2.45, 2.75) is 71.4 Å². The van der Waals surface area contributed by atoms with Gasteiger partial charge in [0.25, 0.3) is 0 Å². The van der Waals surface area contributed by atoms with Crippen molar-refractivity contribution in [3.05, 3.63) is 35.6 Å². The molecule has 2 rings (SSSR count). The van der Waals surface area contributed by atoms with Crippen molar-refractivity contribution >= 4 is 5.91 Å². The first kappa shape index (κ1) is 22.8. The van der Waals surface area contributed by atoms with Gasteiger partial charge in [-0.15, -0.1) is 0 Å². The minimum Gasteiger partial charge on any atom is -0.353 e. The number of aryl methyl sites for hydroxylation is 1. The quantitative estimate of drug-likeness (QED) is 0.639. The van der Waals surface area contributed by atoms with E-state index in [4.69, 9.17) is 5.73 Å². The highest BCUT2D eigenvalue weighted by Crippen LogP contribution is 2.25. The van der Waals surface area contributed by atoms with Crippen LogP contribution < -0.4 is 11.1 Å². The average Bonchev–Trinajstić information content (AvgIpc) is 2.66. The third-order valence-electron chi connectivity index (χ3n) is 5.80. The molecule has 28 heavy (non-hydrogen) atoms. The van der Waals surface area contributed by atoms with E-state index >= 15 is 0 Å². The van der Waals surface area contributed by atoms with Crippen molar-refractivity contribution in [1.29, 1.82) is 0 Å². The molecule has 1 amide bonds. The Balaban J connectivity index is 1.84. The lowest BCUT2D eigenvalue weighted by Crippen LogP contribution is -2.49. The van der Waals surface area contributed by atoms with E-state index in [2.05, 4.69) is 17.1 Å². The number of nitrogens with one attached hydrogen (secondary N) is 1. The lowest BCUT2D eigenvalue weighted by Gasteiger charge is -2.38. The highest BCUT2D eigenvalue weighted by atomic mass is 19.1. The number of carbonyl (C=O) groups is 1. The number of amides is 1. The highest BCUT2D eigenvalue weighted by molar-refractivity contribution is 5.78. The van der Waals surface area contributed by atoms with E-state index in [9.17, 15) is 9.18 Å². The van der Waals surface area contributed by atoms with E-state index in [0.29, 0.717) is 5.92 Å². The zero-order chi connectivity index (χ0) is 20.5. The predicted octanol–water partition coefficient (Wildman–Crippen LogP) is 3.74. The van der Waals surface area contributed by atoms with Crippen LogP contribution in [0.15, 0.2) is 24.3 Å². The van der Waals surface area contributed by atoms with Crippen LogP contribution in [-0.2, 0) is 11.2 Å². The molecule has 1 fully saturated rings. The summed E-state index contributed by atoms with van der Waals surface area (Å²) in [6.45, 7) is 9.16. The van der Waals surface area contributed by atoms with Gasteiger partial charge in [-0.2, -0.15) is 0 Å². The molecule has 1 saturated carbocycles. The molecular formula is C23H38FN3O. The summed E-state index contributed by atoms with van der Waals surface area (Å²) in [5, 5.41) is 3.20. The molecule has 1 aliphatic carbocycles. The Labute approximate surface area is 170 Å². The maximum atomic E-state index is 13.0. The van der Waals surface area contributed by atoms with Gasteiger partial charge in [0.05, 0.1) is 0 Å². The Hall–Kier alpha value is -1.46. The van der Waals surface area contributed by atoms with E-state index in [1.54, 1.807) is 0 Å². The number of rotatable bonds is 10. The van der Waals surface area contributed by atoms with E-state index < -0.39 is 0 Å². The lowest BCUT2D eigenvalue weighted by molar-refractivity contribution is -0.125. The maximum Gasteiger partial charge on any atom is 0.222 e. The Morgan fingerprint density at radius 3 is 2.61 bits per heavy atom. The van der Waals surface area contributed by atoms with Gasteiger partial charge in [0.15, 0.2) is 0 Å². The summed E-state index contributed by atoms with van der Waals surface area (Å²) >= 11 is 0. The van der Waals surface area contributed by atoms with Gasteiger partial charge in [-0.25, -0.2) is 4.39 Å². The second-order valence-corrected chi connectivity index (χ2v) is 8.63. The molecule has 0 bridgehead atoms. The predicted molar refractivity (Wildman–Crippen MR) is 114 cm³/mol. The Bertz CT molecular complexity index is 590. The zero-order valence-corrected chi connectivity index (χ0v) is 17.8. The second kappa shape index (κ2) is 11.5. The number of halogens is 1. The molecule has 0 spiro atoms. The fraction of sp³-hybridized carbons (Fsp3) is 0.696. The van der Waals surface area contributed by atoms with E-state index in [1.165, 1.54) is 17.7 Å². The van der Waals surface area contributed by atoms with Gasteiger partial charge < -0.3 is 16.0 Å². The lowest BCUT2D eigenvalue weighted by atomic mass is 9.81. The van der Waals surface area contributed by atoms with Crippen LogP contribution in [-0.4, -0.2) is 42.5 Å². The van der Waals surface area contributed by atoms with Crippen LogP contribution in [0.1, 0.15) is 58.4 Å². The van der Waals surface area contributed by atoms with Crippen LogP contribution in [0.5, 0.6) is 0 Å². The molecule has 1 aliphatic rings. The molecule has 3 N–H and O–H groups in total. The van der Waals surface area contributed by atoms with Crippen LogP contribution in [0.2, 0.25) is 0 Å². The number of hydrogen-bond acceptors (Lipinski definition) is 3. The van der Waals surface area contributed by atoms with Crippen molar-refractivity contribution in [2.24, 2.45) is 17.6 Å². The first-order valence-electron chi connectivity index (χ1n) is 10.9. The summed E-state index contributed by atoms with van der Waals surface area (Å²) in [6.07, 6.45) is 6.06. The maximum absolute atomic E-state index is 13.0. The van der Waals surface area contributed by atoms with E-state index in [1.807, 2.05) is 26.0 Å². The molecule has 3 atom stereocenters. The van der Waals surface area contributed by atoms with E-state index in [-0.39, 0.29) is 29.7 Å². The fourth-order valence-corrected chi connectivity index (χ4v) is 4.10. The number of hydrogen-bond donors (Lipinski definition) is 2. The van der Waals surface area contributed by atoms with Crippen LogP contribution >= 0.6 is 0 Å². The van der Waals surface area contributed by atoms with Crippen LogP contribution in [0.3, 0.4) is 0 Å². The molecule has 1 aromatic rings.